The number of rotatable bonds is 2. The van der Waals surface area contributed by atoms with Crippen molar-refractivity contribution in [2.24, 2.45) is 7.05 Å². The average molecular weight is 219 g/mol. The van der Waals surface area contributed by atoms with Crippen molar-refractivity contribution in [3.05, 3.63) is 34.1 Å². The van der Waals surface area contributed by atoms with Gasteiger partial charge in [0, 0.05) is 19.2 Å². The van der Waals surface area contributed by atoms with Crippen LogP contribution in [0.3, 0.4) is 0 Å². The second-order valence-electron chi connectivity index (χ2n) is 3.62. The molecule has 0 N–H and O–H groups in total. The first-order valence-electron chi connectivity index (χ1n) is 5.13. The second kappa shape index (κ2) is 3.92. The van der Waals surface area contributed by atoms with Gasteiger partial charge < -0.3 is 9.09 Å². The molecule has 0 saturated heterocycles. The van der Waals surface area contributed by atoms with E-state index in [0.717, 1.165) is 5.69 Å². The van der Waals surface area contributed by atoms with Gasteiger partial charge in [-0.3, -0.25) is 4.79 Å². The summed E-state index contributed by atoms with van der Waals surface area (Å²) >= 11 is 0. The monoisotopic (exact) mass is 219 g/mol. The molecule has 84 valence electrons. The molecular weight excluding hydrogens is 206 g/mol. The molecule has 0 saturated carbocycles. The van der Waals surface area contributed by atoms with Crippen molar-refractivity contribution in [2.45, 2.75) is 20.3 Å². The molecule has 2 aromatic rings. The third-order valence-corrected chi connectivity index (χ3v) is 2.57. The Hall–Kier alpha value is -1.91. The molecule has 0 atom stereocenters. The Bertz CT molecular complexity index is 569. The van der Waals surface area contributed by atoms with Gasteiger partial charge in [0.1, 0.15) is 0 Å². The molecular formula is C11H13N3O2. The average Bonchev–Trinajstić information content (AvgIpc) is 2.74. The molecule has 0 aliphatic rings. The SMILES string of the molecule is CCc1nc(-c2ccc(C)n(C)c2=O)no1. The summed E-state index contributed by atoms with van der Waals surface area (Å²) in [5.74, 6) is 0.898. The zero-order valence-electron chi connectivity index (χ0n) is 9.52. The third-order valence-electron chi connectivity index (χ3n) is 2.57. The van der Waals surface area contributed by atoms with Crippen molar-refractivity contribution in [3.63, 3.8) is 0 Å². The van der Waals surface area contributed by atoms with Crippen molar-refractivity contribution < 1.29 is 4.52 Å². The van der Waals surface area contributed by atoms with Gasteiger partial charge in [0.25, 0.3) is 5.56 Å². The van der Waals surface area contributed by atoms with Crippen LogP contribution < -0.4 is 5.56 Å². The van der Waals surface area contributed by atoms with E-state index in [1.165, 1.54) is 0 Å². The van der Waals surface area contributed by atoms with Gasteiger partial charge in [0.2, 0.25) is 11.7 Å². The molecule has 16 heavy (non-hydrogen) atoms. The fourth-order valence-electron chi connectivity index (χ4n) is 1.41. The highest BCUT2D eigenvalue weighted by Gasteiger charge is 2.12. The molecule has 5 nitrogen and oxygen atoms in total. The minimum Gasteiger partial charge on any atom is -0.339 e. The van der Waals surface area contributed by atoms with Crippen LogP contribution >= 0.6 is 0 Å². The number of pyridine rings is 1. The van der Waals surface area contributed by atoms with Crippen LogP contribution in [-0.4, -0.2) is 14.7 Å². The summed E-state index contributed by atoms with van der Waals surface area (Å²) < 4.78 is 6.55. The summed E-state index contributed by atoms with van der Waals surface area (Å²) in [7, 11) is 1.72. The molecule has 0 bridgehead atoms. The molecule has 2 heterocycles. The largest absolute Gasteiger partial charge is 0.339 e. The van der Waals surface area contributed by atoms with E-state index in [-0.39, 0.29) is 5.56 Å². The summed E-state index contributed by atoms with van der Waals surface area (Å²) in [4.78, 5) is 16.1. The fraction of sp³-hybridized carbons (Fsp3) is 0.364. The van der Waals surface area contributed by atoms with Crippen molar-refractivity contribution in [1.29, 1.82) is 0 Å². The highest BCUT2D eigenvalue weighted by molar-refractivity contribution is 5.52. The van der Waals surface area contributed by atoms with E-state index in [2.05, 4.69) is 10.1 Å². The van der Waals surface area contributed by atoms with E-state index >= 15 is 0 Å². The number of aromatic nitrogens is 3. The summed E-state index contributed by atoms with van der Waals surface area (Å²) in [6.07, 6.45) is 0.666. The molecule has 0 unspecified atom stereocenters. The molecule has 0 aliphatic heterocycles. The van der Waals surface area contributed by atoms with Crippen LogP contribution in [-0.2, 0) is 13.5 Å². The Kier molecular flexibility index (Phi) is 2.60. The van der Waals surface area contributed by atoms with Crippen LogP contribution in [0.1, 0.15) is 18.5 Å². The number of nitrogens with zero attached hydrogens (tertiary/aromatic N) is 3. The topological polar surface area (TPSA) is 60.9 Å². The van der Waals surface area contributed by atoms with E-state index in [1.807, 2.05) is 19.9 Å². The van der Waals surface area contributed by atoms with Gasteiger partial charge in [-0.05, 0) is 19.1 Å². The van der Waals surface area contributed by atoms with Gasteiger partial charge in [-0.25, -0.2) is 0 Å². The molecule has 0 aliphatic carbocycles. The van der Waals surface area contributed by atoms with Crippen LogP contribution in [0.4, 0.5) is 0 Å². The quantitative estimate of drug-likeness (QED) is 0.764. The zero-order chi connectivity index (χ0) is 11.7. The molecule has 0 aromatic carbocycles. The Labute approximate surface area is 92.7 Å². The predicted molar refractivity (Wildman–Crippen MR) is 59.1 cm³/mol. The Morgan fingerprint density at radius 2 is 2.19 bits per heavy atom. The molecule has 2 rings (SSSR count). The standard InChI is InChI=1S/C11H13N3O2/c1-4-9-12-10(13-16-9)8-6-5-7(2)14(3)11(8)15/h5-6H,4H2,1-3H3. The minimum absolute atomic E-state index is 0.108. The van der Waals surface area contributed by atoms with Crippen molar-refractivity contribution in [1.82, 2.24) is 14.7 Å². The van der Waals surface area contributed by atoms with Crippen LogP contribution in [0.25, 0.3) is 11.4 Å². The minimum atomic E-state index is -0.108. The van der Waals surface area contributed by atoms with Gasteiger partial charge in [0.15, 0.2) is 0 Å². The Morgan fingerprint density at radius 1 is 1.44 bits per heavy atom. The maximum atomic E-state index is 11.9. The molecule has 0 amide bonds. The second-order valence-corrected chi connectivity index (χ2v) is 3.62. The van der Waals surface area contributed by atoms with Gasteiger partial charge in [-0.15, -0.1) is 0 Å². The van der Waals surface area contributed by atoms with Gasteiger partial charge >= 0.3 is 0 Å². The van der Waals surface area contributed by atoms with Gasteiger partial charge in [-0.2, -0.15) is 4.98 Å². The summed E-state index contributed by atoms with van der Waals surface area (Å²) in [6.45, 7) is 3.80. The van der Waals surface area contributed by atoms with E-state index in [9.17, 15) is 4.79 Å². The van der Waals surface area contributed by atoms with Crippen LogP contribution in [0.5, 0.6) is 0 Å². The first-order valence-corrected chi connectivity index (χ1v) is 5.13. The predicted octanol–water partition coefficient (Wildman–Crippen LogP) is 1.31. The maximum absolute atomic E-state index is 11.9. The lowest BCUT2D eigenvalue weighted by Gasteiger charge is -2.03. The zero-order valence-corrected chi connectivity index (χ0v) is 9.52. The highest BCUT2D eigenvalue weighted by Crippen LogP contribution is 2.11. The van der Waals surface area contributed by atoms with Gasteiger partial charge in [0.05, 0.1) is 5.56 Å². The maximum Gasteiger partial charge on any atom is 0.261 e. The molecule has 0 radical (unpaired) electrons. The number of hydrogen-bond acceptors (Lipinski definition) is 4. The molecule has 2 aromatic heterocycles. The summed E-state index contributed by atoms with van der Waals surface area (Å²) in [5, 5.41) is 3.79. The van der Waals surface area contributed by atoms with E-state index < -0.39 is 0 Å². The molecule has 5 heteroatoms. The number of hydrogen-bond donors (Lipinski definition) is 0. The Balaban J connectivity index is 2.56. The van der Waals surface area contributed by atoms with Crippen molar-refractivity contribution in [2.75, 3.05) is 0 Å². The highest BCUT2D eigenvalue weighted by atomic mass is 16.5. The smallest absolute Gasteiger partial charge is 0.261 e. The lowest BCUT2D eigenvalue weighted by molar-refractivity contribution is 0.382. The summed E-state index contributed by atoms with van der Waals surface area (Å²) in [5.41, 5.74) is 1.26. The lowest BCUT2D eigenvalue weighted by atomic mass is 10.2. The van der Waals surface area contributed by atoms with Crippen LogP contribution in [0, 0.1) is 6.92 Å². The number of aryl methyl sites for hydroxylation is 2. The van der Waals surface area contributed by atoms with Crippen molar-refractivity contribution >= 4 is 0 Å². The normalized spacial score (nSPS) is 10.7. The third kappa shape index (κ3) is 1.64. The fourth-order valence-corrected chi connectivity index (χ4v) is 1.41. The summed E-state index contributed by atoms with van der Waals surface area (Å²) in [6, 6.07) is 3.58. The first kappa shape index (κ1) is 10.6. The van der Waals surface area contributed by atoms with Gasteiger partial charge in [-0.1, -0.05) is 12.1 Å². The van der Waals surface area contributed by atoms with Crippen LogP contribution in [0.15, 0.2) is 21.5 Å². The molecule has 0 spiro atoms. The van der Waals surface area contributed by atoms with E-state index in [4.69, 9.17) is 4.52 Å². The van der Waals surface area contributed by atoms with E-state index in [0.29, 0.717) is 23.7 Å². The Morgan fingerprint density at radius 3 is 2.81 bits per heavy atom. The molecule has 0 fully saturated rings. The lowest BCUT2D eigenvalue weighted by Crippen LogP contribution is -2.20. The van der Waals surface area contributed by atoms with Crippen LogP contribution in [0.2, 0.25) is 0 Å². The first-order chi connectivity index (χ1) is 7.63. The van der Waals surface area contributed by atoms with E-state index in [1.54, 1.807) is 17.7 Å². The van der Waals surface area contributed by atoms with Crippen molar-refractivity contribution in [3.8, 4) is 11.4 Å².